The molecule has 36 radical (unpaired) electrons. The monoisotopic (exact) mass is 781 g/mol. The molecule has 0 aliphatic rings. The molecule has 9 rings (SSSR count). The van der Waals surface area contributed by atoms with Crippen LogP contribution in [-0.2, 0) is 0 Å². The topological polar surface area (TPSA) is 51.8 Å². The van der Waals surface area contributed by atoms with Gasteiger partial charge in [-0.3, -0.25) is 0 Å². The largest absolute Gasteiger partial charge is 0.457 e. The molecular formula is C43H9B18N3O. The van der Waals surface area contributed by atoms with Crippen molar-refractivity contribution in [2.24, 2.45) is 0 Å². The van der Waals surface area contributed by atoms with Crippen LogP contribution in [0.15, 0.2) is 59.0 Å². The Labute approximate surface area is 400 Å². The molecule has 0 atom stereocenters. The summed E-state index contributed by atoms with van der Waals surface area (Å²) >= 11 is 0. The number of hydrogen-bond acceptors (Lipinski definition) is 4. The van der Waals surface area contributed by atoms with Crippen LogP contribution < -0.4 is 98.3 Å². The quantitative estimate of drug-likeness (QED) is 0.163. The second-order valence-electron chi connectivity index (χ2n) is 15.5. The Hall–Kier alpha value is -5.22. The first-order valence-corrected chi connectivity index (χ1v) is 19.4. The van der Waals surface area contributed by atoms with E-state index in [4.69, 9.17) is 161 Å². The first kappa shape index (κ1) is 45.0. The average molecular weight is 778 g/mol. The maximum Gasteiger partial charge on any atom is 0.164 e. The first-order valence-electron chi connectivity index (χ1n) is 19.4. The third-order valence-electron chi connectivity index (χ3n) is 11.9. The Balaban J connectivity index is 1.27. The van der Waals surface area contributed by atoms with Crippen molar-refractivity contribution in [1.29, 1.82) is 0 Å². The van der Waals surface area contributed by atoms with Gasteiger partial charge in [0.2, 0.25) is 0 Å². The van der Waals surface area contributed by atoms with Crippen LogP contribution >= 0.6 is 0 Å². The molecule has 9 aromatic rings. The number of hydrogen-bond donors (Lipinski definition) is 0. The number of benzene rings is 7. The summed E-state index contributed by atoms with van der Waals surface area (Å²) < 4.78 is 6.20. The SMILES string of the molecule is [B]c1c([B])c(-c2c([B])c([B])c3c([B])c([B])c([B])c([B])c3c2[B])c([B])c([B])c1-c1cccc(-c2nc(-c3ccccc3)nc(-c3c([B])c([B])c([B])c4oc5c([B])c([B])c([B])c([B])c5c34)n2)c1. The molecule has 0 saturated heterocycles. The summed E-state index contributed by atoms with van der Waals surface area (Å²) in [7, 11) is 118. The van der Waals surface area contributed by atoms with Gasteiger partial charge in [0.15, 0.2) is 17.5 Å². The summed E-state index contributed by atoms with van der Waals surface area (Å²) in [4.78, 5) is 14.7. The average Bonchev–Trinajstić information content (AvgIpc) is 3.70. The minimum absolute atomic E-state index is 0.00297. The van der Waals surface area contributed by atoms with Crippen molar-refractivity contribution in [1.82, 2.24) is 15.0 Å². The van der Waals surface area contributed by atoms with E-state index in [2.05, 4.69) is 0 Å². The van der Waals surface area contributed by atoms with Crippen molar-refractivity contribution in [2.45, 2.75) is 0 Å². The Bertz CT molecular complexity index is 3570. The molecular weight excluding hydrogens is 769 g/mol. The van der Waals surface area contributed by atoms with Crippen LogP contribution in [0.3, 0.4) is 0 Å². The normalized spacial score (nSPS) is 11.6. The van der Waals surface area contributed by atoms with E-state index in [1.165, 1.54) is 0 Å². The van der Waals surface area contributed by atoms with Crippen LogP contribution in [0.2, 0.25) is 0 Å². The number of nitrogens with zero attached hydrogens (tertiary/aromatic N) is 3. The minimum atomic E-state index is -0.0278. The highest BCUT2D eigenvalue weighted by Gasteiger charge is 2.26. The fourth-order valence-electron chi connectivity index (χ4n) is 8.38. The van der Waals surface area contributed by atoms with Crippen molar-refractivity contribution in [3.8, 4) is 56.4 Å². The summed E-state index contributed by atoms with van der Waals surface area (Å²) in [6.07, 6.45) is 0. The molecule has 0 aliphatic heterocycles. The maximum absolute atomic E-state index is 6.86. The van der Waals surface area contributed by atoms with Gasteiger partial charge in [0.1, 0.15) is 152 Å². The van der Waals surface area contributed by atoms with Gasteiger partial charge in [-0.1, -0.05) is 120 Å². The summed E-state index contributed by atoms with van der Waals surface area (Å²) in [5, 5.41) is 0.987. The fraction of sp³-hybridized carbons (Fsp3) is 0. The number of furan rings is 1. The molecule has 2 heterocycles. The maximum atomic E-state index is 6.86. The minimum Gasteiger partial charge on any atom is -0.457 e. The highest BCUT2D eigenvalue weighted by molar-refractivity contribution is 6.74. The number of fused-ring (bicyclic) bond motifs is 4. The van der Waals surface area contributed by atoms with Gasteiger partial charge in [-0.15, -0.1) is 27.3 Å². The molecule has 256 valence electrons. The van der Waals surface area contributed by atoms with Crippen LogP contribution in [0.25, 0.3) is 89.1 Å². The smallest absolute Gasteiger partial charge is 0.164 e. The zero-order valence-corrected chi connectivity index (χ0v) is 34.3. The van der Waals surface area contributed by atoms with Crippen molar-refractivity contribution in [2.75, 3.05) is 0 Å². The summed E-state index contributed by atoms with van der Waals surface area (Å²) in [6, 6.07) is 16.2. The predicted octanol–water partition coefficient (Wildman–Crippen LogP) is -10.5. The highest BCUT2D eigenvalue weighted by atomic mass is 16.3. The lowest BCUT2D eigenvalue weighted by molar-refractivity contribution is 0.675. The second kappa shape index (κ2) is 16.3. The van der Waals surface area contributed by atoms with Gasteiger partial charge in [-0.25, -0.2) is 15.0 Å². The molecule has 4 nitrogen and oxygen atoms in total. The lowest BCUT2D eigenvalue weighted by Crippen LogP contribution is -2.53. The Kier molecular flexibility index (Phi) is 11.3. The van der Waals surface area contributed by atoms with Gasteiger partial charge in [0, 0.05) is 27.5 Å². The van der Waals surface area contributed by atoms with Crippen molar-refractivity contribution in [3.05, 3.63) is 54.6 Å². The third-order valence-corrected chi connectivity index (χ3v) is 11.9. The van der Waals surface area contributed by atoms with E-state index in [1.54, 1.807) is 24.3 Å². The predicted molar refractivity (Wildman–Crippen MR) is 289 cm³/mol. The van der Waals surface area contributed by atoms with E-state index >= 15 is 0 Å². The Morgan fingerprint density at radius 1 is 0.262 bits per heavy atom. The lowest BCUT2D eigenvalue weighted by Gasteiger charge is -2.29. The Morgan fingerprint density at radius 2 is 0.631 bits per heavy atom. The molecule has 0 saturated carbocycles. The molecule has 0 N–H and O–H groups in total. The molecule has 0 fully saturated rings. The van der Waals surface area contributed by atoms with Crippen molar-refractivity contribution < 1.29 is 4.42 Å². The summed E-state index contributed by atoms with van der Waals surface area (Å²) in [6.45, 7) is 0. The summed E-state index contributed by atoms with van der Waals surface area (Å²) in [5.74, 6) is 0.510. The molecule has 0 bridgehead atoms. The third kappa shape index (κ3) is 6.65. The molecule has 0 aliphatic carbocycles. The standard InChI is InChI=1S/C43H9B18N3O/c44-21-15(24(47)27(50)18-16(21)28(51)32(55)33(56)29(18)52)17-25(48)22(45)13(23(46)26(17)49)11-7-4-8-12(9-11)42-62-41(10-5-2-1-3-6-10)63-43(64-42)20-14-19-30(53)34(57)36(59)38(61)40(19)65-39(14)37(60)35(58)31(20)54/h1-9H. The Morgan fingerprint density at radius 3 is 1.22 bits per heavy atom. The molecule has 65 heavy (non-hydrogen) atoms. The molecule has 2 aromatic heterocycles. The van der Waals surface area contributed by atoms with Gasteiger partial charge in [-0.05, 0) is 39.1 Å². The van der Waals surface area contributed by atoms with E-state index in [0.717, 1.165) is 0 Å². The first-order chi connectivity index (χ1) is 30.8. The molecule has 0 unspecified atom stereocenters. The van der Waals surface area contributed by atoms with Gasteiger partial charge in [-0.2, -0.15) is 0 Å². The molecule has 22 heteroatoms. The van der Waals surface area contributed by atoms with Crippen LogP contribution in [0, 0.1) is 0 Å². The van der Waals surface area contributed by atoms with E-state index in [1.807, 2.05) is 30.3 Å². The number of rotatable bonds is 5. The number of aromatic nitrogens is 3. The van der Waals surface area contributed by atoms with E-state index in [-0.39, 0.29) is 165 Å². The molecule has 0 spiro atoms. The van der Waals surface area contributed by atoms with E-state index < -0.39 is 0 Å². The summed E-state index contributed by atoms with van der Waals surface area (Å²) in [5.41, 5.74) is 2.83. The van der Waals surface area contributed by atoms with E-state index in [0.29, 0.717) is 22.1 Å². The van der Waals surface area contributed by atoms with Crippen LogP contribution in [0.4, 0.5) is 0 Å². The zero-order valence-electron chi connectivity index (χ0n) is 34.3. The van der Waals surface area contributed by atoms with Gasteiger partial charge in [0.05, 0.1) is 0 Å². The van der Waals surface area contributed by atoms with Crippen molar-refractivity contribution in [3.63, 3.8) is 0 Å². The van der Waals surface area contributed by atoms with E-state index in [9.17, 15) is 0 Å². The fourth-order valence-corrected chi connectivity index (χ4v) is 8.38. The van der Waals surface area contributed by atoms with Crippen LogP contribution in [0.5, 0.6) is 0 Å². The van der Waals surface area contributed by atoms with Crippen LogP contribution in [-0.4, -0.2) is 156 Å². The van der Waals surface area contributed by atoms with Gasteiger partial charge < -0.3 is 4.42 Å². The van der Waals surface area contributed by atoms with Crippen LogP contribution in [0.1, 0.15) is 0 Å². The van der Waals surface area contributed by atoms with Gasteiger partial charge in [0.25, 0.3) is 0 Å². The van der Waals surface area contributed by atoms with Gasteiger partial charge >= 0.3 is 0 Å². The molecule has 7 aromatic carbocycles. The zero-order chi connectivity index (χ0) is 46.8. The lowest BCUT2D eigenvalue weighted by atomic mass is 9.56. The highest BCUT2D eigenvalue weighted by Crippen LogP contribution is 2.33. The second-order valence-corrected chi connectivity index (χ2v) is 15.5. The molecule has 0 amide bonds. The van der Waals surface area contributed by atoms with Crippen molar-refractivity contribution >= 4 is 272 Å².